The summed E-state index contributed by atoms with van der Waals surface area (Å²) >= 11 is 0. The average molecular weight is 172 g/mol. The molecule has 0 amide bonds. The number of hydrogen-bond acceptors (Lipinski definition) is 2. The van der Waals surface area contributed by atoms with E-state index in [-0.39, 0.29) is 6.10 Å². The van der Waals surface area contributed by atoms with Gasteiger partial charge in [-0.05, 0) is 30.8 Å². The largest absolute Gasteiger partial charge is 0.516 e. The molecule has 0 aliphatic heterocycles. The third-order valence-electron chi connectivity index (χ3n) is 2.10. The zero-order chi connectivity index (χ0) is 9.56. The van der Waals surface area contributed by atoms with Crippen LogP contribution in [-0.4, -0.2) is 16.3 Å². The van der Waals surface area contributed by atoms with Crippen molar-refractivity contribution in [1.29, 1.82) is 0 Å². The monoisotopic (exact) mass is 172 g/mol. The third kappa shape index (κ3) is 5.19. The van der Waals surface area contributed by atoms with Crippen LogP contribution >= 0.6 is 0 Å². The van der Waals surface area contributed by atoms with Gasteiger partial charge < -0.3 is 10.2 Å². The molecule has 2 nitrogen and oxygen atoms in total. The van der Waals surface area contributed by atoms with Gasteiger partial charge >= 0.3 is 0 Å². The molecule has 0 radical (unpaired) electrons. The van der Waals surface area contributed by atoms with Gasteiger partial charge in [-0.15, -0.1) is 0 Å². The molecule has 72 valence electrons. The minimum Gasteiger partial charge on any atom is -0.516 e. The number of aliphatic hydroxyl groups is 2. The Balaban J connectivity index is 3.53. The standard InChI is InChI=1S/C10H20O2/c1-8(2)10(12)5-4-9(3)6-7-11/h6-12H,4-5H2,1-3H3. The van der Waals surface area contributed by atoms with Crippen LogP contribution in [0.1, 0.15) is 33.6 Å². The van der Waals surface area contributed by atoms with Crippen molar-refractivity contribution < 1.29 is 10.2 Å². The van der Waals surface area contributed by atoms with Gasteiger partial charge in [-0.1, -0.05) is 20.8 Å². The van der Waals surface area contributed by atoms with Gasteiger partial charge in [0, 0.05) is 0 Å². The van der Waals surface area contributed by atoms with Crippen molar-refractivity contribution in [3.63, 3.8) is 0 Å². The summed E-state index contributed by atoms with van der Waals surface area (Å²) in [5.41, 5.74) is 0. The summed E-state index contributed by atoms with van der Waals surface area (Å²) < 4.78 is 0. The third-order valence-corrected chi connectivity index (χ3v) is 2.10. The SMILES string of the molecule is CC(C=CO)CCC(O)C(C)C. The Kier molecular flexibility index (Phi) is 5.81. The van der Waals surface area contributed by atoms with Crippen LogP contribution in [0.4, 0.5) is 0 Å². The number of hydrogen-bond donors (Lipinski definition) is 2. The topological polar surface area (TPSA) is 40.5 Å². The summed E-state index contributed by atoms with van der Waals surface area (Å²) in [5, 5.41) is 17.9. The van der Waals surface area contributed by atoms with Gasteiger partial charge in [0.15, 0.2) is 0 Å². The predicted octanol–water partition coefficient (Wildman–Crippen LogP) is 2.49. The summed E-state index contributed by atoms with van der Waals surface area (Å²) in [6.45, 7) is 6.05. The van der Waals surface area contributed by atoms with E-state index in [2.05, 4.69) is 0 Å². The van der Waals surface area contributed by atoms with Crippen LogP contribution in [-0.2, 0) is 0 Å². The molecule has 0 aromatic rings. The molecule has 0 fully saturated rings. The number of rotatable bonds is 5. The van der Waals surface area contributed by atoms with Crippen molar-refractivity contribution in [2.75, 3.05) is 0 Å². The lowest BCUT2D eigenvalue weighted by Crippen LogP contribution is -2.15. The molecule has 0 spiro atoms. The van der Waals surface area contributed by atoms with E-state index in [4.69, 9.17) is 5.11 Å². The van der Waals surface area contributed by atoms with Crippen LogP contribution < -0.4 is 0 Å². The lowest BCUT2D eigenvalue weighted by Gasteiger charge is -2.15. The summed E-state index contributed by atoms with van der Waals surface area (Å²) in [6.07, 6.45) is 4.35. The maximum Gasteiger partial charge on any atom is 0.0754 e. The molecule has 0 rings (SSSR count). The van der Waals surface area contributed by atoms with Gasteiger partial charge in [0.2, 0.25) is 0 Å². The fourth-order valence-corrected chi connectivity index (χ4v) is 1.01. The second-order valence-corrected chi connectivity index (χ2v) is 3.71. The van der Waals surface area contributed by atoms with Crippen LogP contribution in [0.5, 0.6) is 0 Å². The van der Waals surface area contributed by atoms with E-state index in [1.807, 2.05) is 20.8 Å². The van der Waals surface area contributed by atoms with Crippen LogP contribution in [0, 0.1) is 11.8 Å². The van der Waals surface area contributed by atoms with Crippen molar-refractivity contribution >= 4 is 0 Å². The predicted molar refractivity (Wildman–Crippen MR) is 51.0 cm³/mol. The van der Waals surface area contributed by atoms with E-state index >= 15 is 0 Å². The normalized spacial score (nSPS) is 17.1. The highest BCUT2D eigenvalue weighted by Crippen LogP contribution is 2.13. The minimum atomic E-state index is -0.209. The summed E-state index contributed by atoms with van der Waals surface area (Å²) in [7, 11) is 0. The molecule has 12 heavy (non-hydrogen) atoms. The van der Waals surface area contributed by atoms with Gasteiger partial charge in [0.05, 0.1) is 12.4 Å². The Hall–Kier alpha value is -0.500. The molecule has 0 heterocycles. The molecule has 2 heteroatoms. The first-order chi connectivity index (χ1) is 5.57. The number of allylic oxidation sites excluding steroid dienone is 1. The molecule has 0 aliphatic rings. The van der Waals surface area contributed by atoms with Crippen molar-refractivity contribution in [3.05, 3.63) is 12.3 Å². The summed E-state index contributed by atoms with van der Waals surface area (Å²) in [4.78, 5) is 0. The van der Waals surface area contributed by atoms with Crippen molar-refractivity contribution in [3.8, 4) is 0 Å². The van der Waals surface area contributed by atoms with E-state index in [1.165, 1.54) is 0 Å². The van der Waals surface area contributed by atoms with Gasteiger partial charge in [0.1, 0.15) is 0 Å². The Labute approximate surface area is 74.9 Å². The van der Waals surface area contributed by atoms with Crippen LogP contribution in [0.3, 0.4) is 0 Å². The first-order valence-corrected chi connectivity index (χ1v) is 4.56. The molecule has 0 aromatic heterocycles. The highest BCUT2D eigenvalue weighted by Gasteiger charge is 2.09. The van der Waals surface area contributed by atoms with E-state index in [1.54, 1.807) is 6.08 Å². The van der Waals surface area contributed by atoms with E-state index in [0.29, 0.717) is 11.8 Å². The Morgan fingerprint density at radius 2 is 1.75 bits per heavy atom. The van der Waals surface area contributed by atoms with Crippen LogP contribution in [0.25, 0.3) is 0 Å². The smallest absolute Gasteiger partial charge is 0.0754 e. The summed E-state index contributed by atoms with van der Waals surface area (Å²) in [6, 6.07) is 0. The van der Waals surface area contributed by atoms with Crippen LogP contribution in [0.15, 0.2) is 12.3 Å². The first-order valence-electron chi connectivity index (χ1n) is 4.56. The molecule has 0 saturated heterocycles. The molecule has 0 bridgehead atoms. The molecule has 2 N–H and O–H groups in total. The van der Waals surface area contributed by atoms with Gasteiger partial charge in [0.25, 0.3) is 0 Å². The minimum absolute atomic E-state index is 0.209. The van der Waals surface area contributed by atoms with E-state index in [9.17, 15) is 5.11 Å². The molecular formula is C10H20O2. The van der Waals surface area contributed by atoms with Crippen LogP contribution in [0.2, 0.25) is 0 Å². The molecule has 0 aromatic carbocycles. The van der Waals surface area contributed by atoms with E-state index in [0.717, 1.165) is 19.1 Å². The zero-order valence-corrected chi connectivity index (χ0v) is 8.20. The second kappa shape index (κ2) is 6.06. The van der Waals surface area contributed by atoms with E-state index < -0.39 is 0 Å². The fraction of sp³-hybridized carbons (Fsp3) is 0.800. The quantitative estimate of drug-likeness (QED) is 0.625. The zero-order valence-electron chi connectivity index (χ0n) is 8.20. The van der Waals surface area contributed by atoms with Crippen molar-refractivity contribution in [2.45, 2.75) is 39.7 Å². The molecular weight excluding hydrogens is 152 g/mol. The van der Waals surface area contributed by atoms with Gasteiger partial charge in [-0.2, -0.15) is 0 Å². The van der Waals surface area contributed by atoms with Crippen molar-refractivity contribution in [2.24, 2.45) is 11.8 Å². The summed E-state index contributed by atoms with van der Waals surface area (Å²) in [5.74, 6) is 0.679. The lowest BCUT2D eigenvalue weighted by molar-refractivity contribution is 0.111. The number of aliphatic hydroxyl groups excluding tert-OH is 2. The van der Waals surface area contributed by atoms with Crippen molar-refractivity contribution in [1.82, 2.24) is 0 Å². The first kappa shape index (κ1) is 11.5. The Morgan fingerprint density at radius 3 is 2.17 bits per heavy atom. The van der Waals surface area contributed by atoms with Gasteiger partial charge in [-0.25, -0.2) is 0 Å². The fourth-order valence-electron chi connectivity index (χ4n) is 1.01. The maximum atomic E-state index is 9.46. The Bertz CT molecular complexity index is 130. The highest BCUT2D eigenvalue weighted by molar-refractivity contribution is 4.79. The maximum absolute atomic E-state index is 9.46. The molecule has 2 unspecified atom stereocenters. The second-order valence-electron chi connectivity index (χ2n) is 3.71. The van der Waals surface area contributed by atoms with Gasteiger partial charge in [-0.3, -0.25) is 0 Å². The molecule has 0 aliphatic carbocycles. The Morgan fingerprint density at radius 1 is 1.17 bits per heavy atom. The average Bonchev–Trinajstić information content (AvgIpc) is 2.00. The molecule has 0 saturated carbocycles. The molecule has 2 atom stereocenters. The lowest BCUT2D eigenvalue weighted by atomic mass is 9.97. The highest BCUT2D eigenvalue weighted by atomic mass is 16.3.